The van der Waals surface area contributed by atoms with Gasteiger partial charge in [-0.2, -0.15) is 0 Å². The first kappa shape index (κ1) is 11.8. The average molecular weight is 345 g/mol. The molecule has 0 amide bonds. The number of aromatic nitrogens is 2. The molecule has 0 saturated carbocycles. The number of rotatable bonds is 4. The van der Waals surface area contributed by atoms with E-state index >= 15 is 0 Å². The molecule has 0 radical (unpaired) electrons. The SMILES string of the molecule is CCc1ccsc1CNc1ncc(I)cn1. The molecule has 0 aliphatic heterocycles. The minimum Gasteiger partial charge on any atom is -0.349 e. The Balaban J connectivity index is 1.99. The third-order valence-electron chi connectivity index (χ3n) is 2.25. The van der Waals surface area contributed by atoms with E-state index in [4.69, 9.17) is 0 Å². The van der Waals surface area contributed by atoms with Gasteiger partial charge < -0.3 is 5.32 Å². The number of halogens is 1. The molecule has 0 aromatic carbocycles. The highest BCUT2D eigenvalue weighted by atomic mass is 127. The molecule has 0 fully saturated rings. The van der Waals surface area contributed by atoms with Crippen LogP contribution in [0.4, 0.5) is 5.95 Å². The van der Waals surface area contributed by atoms with Gasteiger partial charge in [-0.3, -0.25) is 0 Å². The Morgan fingerprint density at radius 3 is 2.81 bits per heavy atom. The standard InChI is InChI=1S/C11H12IN3S/c1-2-8-3-4-16-10(8)7-15-11-13-5-9(12)6-14-11/h3-6H,2,7H2,1H3,(H,13,14,15). The first-order valence-corrected chi connectivity index (χ1v) is 7.02. The second-order valence-electron chi connectivity index (χ2n) is 3.30. The molecule has 0 bridgehead atoms. The maximum absolute atomic E-state index is 4.21. The van der Waals surface area contributed by atoms with Crippen LogP contribution in [0.2, 0.25) is 0 Å². The van der Waals surface area contributed by atoms with Gasteiger partial charge in [0.1, 0.15) is 0 Å². The van der Waals surface area contributed by atoms with Gasteiger partial charge in [-0.25, -0.2) is 9.97 Å². The minimum atomic E-state index is 0.691. The Kier molecular flexibility index (Phi) is 4.11. The lowest BCUT2D eigenvalue weighted by Crippen LogP contribution is -2.03. The summed E-state index contributed by atoms with van der Waals surface area (Å²) in [6.45, 7) is 2.98. The molecule has 84 valence electrons. The molecule has 2 aromatic rings. The molecule has 0 atom stereocenters. The smallest absolute Gasteiger partial charge is 0.222 e. The molecule has 2 heterocycles. The zero-order valence-electron chi connectivity index (χ0n) is 8.90. The lowest BCUT2D eigenvalue weighted by Gasteiger charge is -2.04. The van der Waals surface area contributed by atoms with Crippen LogP contribution in [0.3, 0.4) is 0 Å². The number of nitrogens with one attached hydrogen (secondary N) is 1. The van der Waals surface area contributed by atoms with E-state index in [0.717, 1.165) is 16.5 Å². The summed E-state index contributed by atoms with van der Waals surface area (Å²) < 4.78 is 1.05. The fourth-order valence-electron chi connectivity index (χ4n) is 1.40. The van der Waals surface area contributed by atoms with E-state index in [-0.39, 0.29) is 0 Å². The van der Waals surface area contributed by atoms with Gasteiger partial charge in [-0.15, -0.1) is 11.3 Å². The van der Waals surface area contributed by atoms with Gasteiger partial charge in [0.15, 0.2) is 0 Å². The topological polar surface area (TPSA) is 37.8 Å². The molecule has 0 aliphatic rings. The van der Waals surface area contributed by atoms with Crippen LogP contribution in [-0.4, -0.2) is 9.97 Å². The van der Waals surface area contributed by atoms with E-state index in [1.807, 2.05) is 12.4 Å². The van der Waals surface area contributed by atoms with Crippen molar-refractivity contribution in [2.45, 2.75) is 19.9 Å². The van der Waals surface area contributed by atoms with Crippen LogP contribution in [0.15, 0.2) is 23.8 Å². The molecule has 3 nitrogen and oxygen atoms in total. The highest BCUT2D eigenvalue weighted by Crippen LogP contribution is 2.18. The van der Waals surface area contributed by atoms with Crippen LogP contribution in [-0.2, 0) is 13.0 Å². The molecular weight excluding hydrogens is 333 g/mol. The van der Waals surface area contributed by atoms with E-state index in [1.54, 1.807) is 11.3 Å². The van der Waals surface area contributed by atoms with Crippen molar-refractivity contribution in [2.24, 2.45) is 0 Å². The van der Waals surface area contributed by atoms with Crippen molar-refractivity contribution in [1.29, 1.82) is 0 Å². The number of aryl methyl sites for hydroxylation is 1. The number of hydrogen-bond acceptors (Lipinski definition) is 4. The van der Waals surface area contributed by atoms with E-state index < -0.39 is 0 Å². The highest BCUT2D eigenvalue weighted by molar-refractivity contribution is 14.1. The van der Waals surface area contributed by atoms with Gasteiger partial charge in [-0.05, 0) is 46.0 Å². The normalized spacial score (nSPS) is 10.4. The third kappa shape index (κ3) is 2.91. The number of hydrogen-bond donors (Lipinski definition) is 1. The van der Waals surface area contributed by atoms with Crippen molar-refractivity contribution in [2.75, 3.05) is 5.32 Å². The molecule has 1 N–H and O–H groups in total. The largest absolute Gasteiger partial charge is 0.349 e. The molecule has 0 spiro atoms. The van der Waals surface area contributed by atoms with Crippen molar-refractivity contribution >= 4 is 39.9 Å². The zero-order valence-corrected chi connectivity index (χ0v) is 11.9. The first-order valence-electron chi connectivity index (χ1n) is 5.06. The summed E-state index contributed by atoms with van der Waals surface area (Å²) in [5.41, 5.74) is 1.41. The molecule has 16 heavy (non-hydrogen) atoms. The summed E-state index contributed by atoms with van der Waals surface area (Å²) in [7, 11) is 0. The van der Waals surface area contributed by atoms with E-state index in [2.05, 4.69) is 56.2 Å². The molecule has 0 aliphatic carbocycles. The van der Waals surface area contributed by atoms with Gasteiger partial charge >= 0.3 is 0 Å². The molecule has 5 heteroatoms. The third-order valence-corrected chi connectivity index (χ3v) is 3.77. The maximum atomic E-state index is 4.21. The summed E-state index contributed by atoms with van der Waals surface area (Å²) in [4.78, 5) is 9.78. The Morgan fingerprint density at radius 1 is 1.38 bits per heavy atom. The van der Waals surface area contributed by atoms with Crippen LogP contribution in [0.1, 0.15) is 17.4 Å². The molecular formula is C11H12IN3S. The number of thiophene rings is 1. The minimum absolute atomic E-state index is 0.691. The average Bonchev–Trinajstić information content (AvgIpc) is 2.76. The van der Waals surface area contributed by atoms with Gasteiger partial charge in [0, 0.05) is 20.8 Å². The van der Waals surface area contributed by atoms with Crippen LogP contribution < -0.4 is 5.32 Å². The van der Waals surface area contributed by atoms with Crippen LogP contribution in [0.5, 0.6) is 0 Å². The number of anilines is 1. The Bertz CT molecular complexity index is 453. The predicted molar refractivity (Wildman–Crippen MR) is 75.8 cm³/mol. The first-order chi connectivity index (χ1) is 7.79. The van der Waals surface area contributed by atoms with Gasteiger partial charge in [0.05, 0.1) is 6.54 Å². The quantitative estimate of drug-likeness (QED) is 0.864. The molecule has 0 unspecified atom stereocenters. The van der Waals surface area contributed by atoms with Crippen molar-refractivity contribution in [1.82, 2.24) is 9.97 Å². The molecule has 0 saturated heterocycles. The summed E-state index contributed by atoms with van der Waals surface area (Å²) in [6, 6.07) is 2.18. The fraction of sp³-hybridized carbons (Fsp3) is 0.273. The van der Waals surface area contributed by atoms with Crippen LogP contribution in [0, 0.1) is 3.57 Å². The maximum Gasteiger partial charge on any atom is 0.222 e. The second-order valence-corrected chi connectivity index (χ2v) is 5.55. The van der Waals surface area contributed by atoms with Crippen molar-refractivity contribution in [3.63, 3.8) is 0 Å². The van der Waals surface area contributed by atoms with Crippen LogP contribution >= 0.6 is 33.9 Å². The second kappa shape index (κ2) is 5.58. The summed E-state index contributed by atoms with van der Waals surface area (Å²) >= 11 is 3.97. The van der Waals surface area contributed by atoms with Crippen molar-refractivity contribution in [3.05, 3.63) is 37.9 Å². The van der Waals surface area contributed by atoms with Crippen molar-refractivity contribution < 1.29 is 0 Å². The Morgan fingerprint density at radius 2 is 2.12 bits per heavy atom. The predicted octanol–water partition coefficient (Wildman–Crippen LogP) is 3.32. The highest BCUT2D eigenvalue weighted by Gasteiger charge is 2.02. The van der Waals surface area contributed by atoms with E-state index in [9.17, 15) is 0 Å². The monoisotopic (exact) mass is 345 g/mol. The summed E-state index contributed by atoms with van der Waals surface area (Å²) in [5.74, 6) is 0.691. The van der Waals surface area contributed by atoms with E-state index in [1.165, 1.54) is 10.4 Å². The van der Waals surface area contributed by atoms with Gasteiger partial charge in [0.2, 0.25) is 5.95 Å². The Labute approximate surface area is 112 Å². The lowest BCUT2D eigenvalue weighted by molar-refractivity contribution is 1.03. The molecule has 2 rings (SSSR count). The summed E-state index contributed by atoms with van der Waals surface area (Å²) in [6.07, 6.45) is 4.70. The lowest BCUT2D eigenvalue weighted by atomic mass is 10.2. The summed E-state index contributed by atoms with van der Waals surface area (Å²) in [5, 5.41) is 5.36. The van der Waals surface area contributed by atoms with Gasteiger partial charge in [0.25, 0.3) is 0 Å². The fourth-order valence-corrected chi connectivity index (χ4v) is 2.59. The van der Waals surface area contributed by atoms with Gasteiger partial charge in [-0.1, -0.05) is 6.92 Å². The number of nitrogens with zero attached hydrogens (tertiary/aromatic N) is 2. The zero-order chi connectivity index (χ0) is 11.4. The van der Waals surface area contributed by atoms with Crippen LogP contribution in [0.25, 0.3) is 0 Å². The van der Waals surface area contributed by atoms with Crippen molar-refractivity contribution in [3.8, 4) is 0 Å². The molecule has 2 aromatic heterocycles. The van der Waals surface area contributed by atoms with E-state index in [0.29, 0.717) is 5.95 Å². The Hall–Kier alpha value is -0.690.